The van der Waals surface area contributed by atoms with Crippen LogP contribution < -0.4 is 0 Å². The van der Waals surface area contributed by atoms with Gasteiger partial charge in [-0.05, 0) is 13.8 Å². The van der Waals surface area contributed by atoms with Crippen LogP contribution in [0.25, 0.3) is 0 Å². The van der Waals surface area contributed by atoms with Crippen molar-refractivity contribution in [3.63, 3.8) is 0 Å². The lowest BCUT2D eigenvalue weighted by Crippen LogP contribution is -2.77. The van der Waals surface area contributed by atoms with Crippen molar-refractivity contribution < 1.29 is 97.3 Å². The molecule has 0 aliphatic carbocycles. The first-order valence-corrected chi connectivity index (χ1v) is 9.18. The van der Waals surface area contributed by atoms with Crippen LogP contribution in [0.3, 0.4) is 0 Å². The minimum Gasteiger partial charge on any atom is -0.462 e. The van der Waals surface area contributed by atoms with Crippen molar-refractivity contribution >= 4 is 5.97 Å². The van der Waals surface area contributed by atoms with Gasteiger partial charge >= 0.3 is 59.5 Å². The molecule has 0 saturated heterocycles. The van der Waals surface area contributed by atoms with E-state index >= 15 is 0 Å². The van der Waals surface area contributed by atoms with E-state index in [0.717, 1.165) is 6.92 Å². The van der Waals surface area contributed by atoms with Gasteiger partial charge in [-0.1, -0.05) is 6.58 Å². The van der Waals surface area contributed by atoms with Crippen LogP contribution in [0.2, 0.25) is 0 Å². The molecule has 1 unspecified atom stereocenters. The van der Waals surface area contributed by atoms with E-state index in [0.29, 0.717) is 0 Å². The molecule has 0 rings (SSSR count). The molecule has 0 aliphatic rings. The lowest BCUT2D eigenvalue weighted by atomic mass is 9.83. The molecule has 0 fully saturated rings. The van der Waals surface area contributed by atoms with Crippen LogP contribution in [0.1, 0.15) is 20.3 Å². The van der Waals surface area contributed by atoms with Gasteiger partial charge in [-0.25, -0.2) is 9.18 Å². The molecule has 0 radical (unpaired) electrons. The minimum absolute atomic E-state index is 0.656. The standard InChI is InChI=1S/C17H12F20O2/c1-6(2)7(38)39-5-4-9(19,20)11(23,24)13(27,28)15(31,32)16(33,34)14(29,30)12(25,26)10(21,22)8(3,18)17(35,36)37/h1,4-5H2,2-3H3. The number of carbonyl (C=O) groups is 1. The smallest absolute Gasteiger partial charge is 0.428 e. The summed E-state index contributed by atoms with van der Waals surface area (Å²) in [6.45, 7) is -0.162. The fourth-order valence-electron chi connectivity index (χ4n) is 2.24. The molecule has 2 nitrogen and oxygen atoms in total. The van der Waals surface area contributed by atoms with Gasteiger partial charge in [-0.15, -0.1) is 0 Å². The SMILES string of the molecule is C=C(C)C(=O)OCCC(F)(F)C(F)(F)C(F)(F)C(F)(F)C(F)(F)C(F)(F)C(F)(F)C(F)(F)C(C)(F)C(F)(F)F. The van der Waals surface area contributed by atoms with E-state index in [4.69, 9.17) is 0 Å². The molecule has 0 amide bonds. The van der Waals surface area contributed by atoms with E-state index in [-0.39, 0.29) is 0 Å². The van der Waals surface area contributed by atoms with E-state index < -0.39 is 90.7 Å². The lowest BCUT2D eigenvalue weighted by molar-refractivity contribution is -0.464. The van der Waals surface area contributed by atoms with Gasteiger partial charge in [-0.3, -0.25) is 0 Å². The zero-order chi connectivity index (χ0) is 32.3. The number of hydrogen-bond donors (Lipinski definition) is 0. The maximum atomic E-state index is 13.7. The molecule has 0 aromatic rings. The second kappa shape index (κ2) is 9.72. The molecule has 0 aromatic carbocycles. The Kier molecular flexibility index (Phi) is 9.18. The van der Waals surface area contributed by atoms with Crippen LogP contribution in [0.15, 0.2) is 12.2 Å². The van der Waals surface area contributed by atoms with Crippen molar-refractivity contribution in [3.05, 3.63) is 12.2 Å². The summed E-state index contributed by atoms with van der Waals surface area (Å²) in [6.07, 6.45) is -10.3. The van der Waals surface area contributed by atoms with E-state index in [1.807, 2.05) is 0 Å². The number of alkyl halides is 20. The normalized spacial score (nSPS) is 17.1. The maximum absolute atomic E-state index is 13.7. The lowest BCUT2D eigenvalue weighted by Gasteiger charge is -2.45. The van der Waals surface area contributed by atoms with Gasteiger partial charge in [-0.2, -0.15) is 83.4 Å². The van der Waals surface area contributed by atoms with Gasteiger partial charge in [0, 0.05) is 5.57 Å². The third-order valence-electron chi connectivity index (χ3n) is 4.95. The Morgan fingerprint density at radius 2 is 0.846 bits per heavy atom. The Labute approximate surface area is 202 Å². The average Bonchev–Trinajstić information content (AvgIpc) is 2.71. The highest BCUT2D eigenvalue weighted by Crippen LogP contribution is 2.66. The van der Waals surface area contributed by atoms with E-state index in [2.05, 4.69) is 11.3 Å². The Morgan fingerprint density at radius 3 is 1.13 bits per heavy atom. The molecule has 22 heteroatoms. The molecular formula is C17H12F20O2. The van der Waals surface area contributed by atoms with Crippen LogP contribution in [0, 0.1) is 0 Å². The van der Waals surface area contributed by atoms with Crippen LogP contribution in [0.5, 0.6) is 0 Å². The van der Waals surface area contributed by atoms with Crippen LogP contribution >= 0.6 is 0 Å². The molecule has 0 heterocycles. The molecule has 232 valence electrons. The van der Waals surface area contributed by atoms with E-state index in [1.54, 1.807) is 0 Å². The highest BCUT2D eigenvalue weighted by Gasteiger charge is 2.96. The fraction of sp³-hybridized carbons (Fsp3) is 0.824. The van der Waals surface area contributed by atoms with Crippen molar-refractivity contribution in [3.8, 4) is 0 Å². The second-order valence-electron chi connectivity index (χ2n) is 7.89. The summed E-state index contributed by atoms with van der Waals surface area (Å²) in [5, 5.41) is 0. The first-order chi connectivity index (χ1) is 16.6. The Hall–Kier alpha value is -2.19. The minimum atomic E-state index is -9.02. The number of halogens is 20. The zero-order valence-corrected chi connectivity index (χ0v) is 18.5. The Bertz CT molecular complexity index is 929. The van der Waals surface area contributed by atoms with Gasteiger partial charge in [0.25, 0.3) is 5.67 Å². The molecule has 0 aromatic heterocycles. The Morgan fingerprint density at radius 1 is 0.564 bits per heavy atom. The quantitative estimate of drug-likeness (QED) is 0.125. The van der Waals surface area contributed by atoms with Crippen LogP contribution in [-0.4, -0.2) is 71.8 Å². The molecular weight excluding hydrogens is 616 g/mol. The molecule has 0 spiro atoms. The molecule has 39 heavy (non-hydrogen) atoms. The maximum Gasteiger partial charge on any atom is 0.428 e. The van der Waals surface area contributed by atoms with Crippen molar-refractivity contribution in [1.82, 2.24) is 0 Å². The molecule has 0 N–H and O–H groups in total. The average molecular weight is 628 g/mol. The largest absolute Gasteiger partial charge is 0.462 e. The summed E-state index contributed by atoms with van der Waals surface area (Å²) in [6, 6.07) is 0. The summed E-state index contributed by atoms with van der Waals surface area (Å²) in [5.74, 6) is -68.9. The van der Waals surface area contributed by atoms with Gasteiger partial charge in [0.1, 0.15) is 0 Å². The highest BCUT2D eigenvalue weighted by atomic mass is 19.4. The molecule has 1 atom stereocenters. The fourth-order valence-corrected chi connectivity index (χ4v) is 2.24. The number of carbonyl (C=O) groups excluding carboxylic acids is 1. The first kappa shape index (κ1) is 36.8. The summed E-state index contributed by atoms with van der Waals surface area (Å²) in [4.78, 5) is 10.9. The number of esters is 1. The summed E-state index contributed by atoms with van der Waals surface area (Å²) in [7, 11) is 0. The first-order valence-electron chi connectivity index (χ1n) is 9.18. The molecule has 0 bridgehead atoms. The van der Waals surface area contributed by atoms with Gasteiger partial charge in [0.05, 0.1) is 13.0 Å². The van der Waals surface area contributed by atoms with Crippen molar-refractivity contribution in [2.75, 3.05) is 6.61 Å². The summed E-state index contributed by atoms with van der Waals surface area (Å²) >= 11 is 0. The predicted octanol–water partition coefficient (Wildman–Crippen LogP) is 7.87. The van der Waals surface area contributed by atoms with E-state index in [9.17, 15) is 92.6 Å². The van der Waals surface area contributed by atoms with Crippen molar-refractivity contribution in [1.29, 1.82) is 0 Å². The monoisotopic (exact) mass is 628 g/mol. The highest BCUT2D eigenvalue weighted by molar-refractivity contribution is 5.86. The Balaban J connectivity index is 6.78. The second-order valence-corrected chi connectivity index (χ2v) is 7.89. The van der Waals surface area contributed by atoms with Gasteiger partial charge in [0.15, 0.2) is 0 Å². The third kappa shape index (κ3) is 5.08. The number of rotatable bonds is 12. The van der Waals surface area contributed by atoms with Crippen LogP contribution in [0.4, 0.5) is 87.8 Å². The van der Waals surface area contributed by atoms with Gasteiger partial charge in [0.2, 0.25) is 0 Å². The molecule has 0 aliphatic heterocycles. The predicted molar refractivity (Wildman–Crippen MR) is 85.5 cm³/mol. The van der Waals surface area contributed by atoms with Crippen LogP contribution in [-0.2, 0) is 9.53 Å². The number of ether oxygens (including phenoxy) is 1. The summed E-state index contributed by atoms with van der Waals surface area (Å²) < 4.78 is 272. The summed E-state index contributed by atoms with van der Waals surface area (Å²) in [5.41, 5.74) is -7.64. The topological polar surface area (TPSA) is 26.3 Å². The number of hydrogen-bond acceptors (Lipinski definition) is 2. The third-order valence-corrected chi connectivity index (χ3v) is 4.95. The van der Waals surface area contributed by atoms with E-state index in [1.165, 1.54) is 0 Å². The molecule has 0 saturated carbocycles. The van der Waals surface area contributed by atoms with Gasteiger partial charge < -0.3 is 4.74 Å². The van der Waals surface area contributed by atoms with Crippen molar-refractivity contribution in [2.45, 2.75) is 79.5 Å². The van der Waals surface area contributed by atoms with Crippen molar-refractivity contribution in [2.24, 2.45) is 0 Å². The zero-order valence-electron chi connectivity index (χ0n) is 18.5.